The number of carbonyl (C=O) groups is 1. The van der Waals surface area contributed by atoms with Gasteiger partial charge in [-0.05, 0) is 37.6 Å². The van der Waals surface area contributed by atoms with E-state index in [1.165, 1.54) is 11.3 Å². The highest BCUT2D eigenvalue weighted by Crippen LogP contribution is 2.27. The van der Waals surface area contributed by atoms with Crippen molar-refractivity contribution < 1.29 is 9.53 Å². The van der Waals surface area contributed by atoms with Crippen molar-refractivity contribution in [3.05, 3.63) is 39.9 Å². The van der Waals surface area contributed by atoms with Crippen molar-refractivity contribution in [2.45, 2.75) is 20.3 Å². The number of aryl methyl sites for hydroxylation is 2. The molecule has 1 aromatic heterocycles. The van der Waals surface area contributed by atoms with Crippen LogP contribution >= 0.6 is 11.3 Å². The molecule has 0 spiro atoms. The first kappa shape index (κ1) is 12.2. The van der Waals surface area contributed by atoms with Crippen molar-refractivity contribution in [2.24, 2.45) is 0 Å². The lowest BCUT2D eigenvalue weighted by Crippen LogP contribution is -2.11. The van der Waals surface area contributed by atoms with Gasteiger partial charge in [-0.15, -0.1) is 11.3 Å². The largest absolute Gasteiger partial charge is 0.493 e. The van der Waals surface area contributed by atoms with E-state index in [4.69, 9.17) is 4.74 Å². The van der Waals surface area contributed by atoms with Gasteiger partial charge in [0.05, 0.1) is 12.3 Å². The quantitative estimate of drug-likeness (QED) is 0.916. The Hall–Kier alpha value is -1.88. The minimum Gasteiger partial charge on any atom is -0.493 e. The second-order valence-electron chi connectivity index (χ2n) is 4.54. The number of anilines is 1. The van der Waals surface area contributed by atoms with E-state index in [1.807, 2.05) is 26.0 Å². The lowest BCUT2D eigenvalue weighted by atomic mass is 10.1. The Morgan fingerprint density at radius 1 is 1.42 bits per heavy atom. The molecule has 0 saturated carbocycles. The molecule has 0 atom stereocenters. The smallest absolute Gasteiger partial charge is 0.257 e. The van der Waals surface area contributed by atoms with Crippen molar-refractivity contribution >= 4 is 22.4 Å². The van der Waals surface area contributed by atoms with Crippen molar-refractivity contribution in [1.29, 1.82) is 0 Å². The summed E-state index contributed by atoms with van der Waals surface area (Å²) in [6, 6.07) is 5.54. The van der Waals surface area contributed by atoms with Crippen molar-refractivity contribution in [3.63, 3.8) is 0 Å². The topological polar surface area (TPSA) is 51.2 Å². The number of amides is 1. The van der Waals surface area contributed by atoms with Crippen molar-refractivity contribution in [3.8, 4) is 5.75 Å². The normalized spacial score (nSPS) is 12.9. The fourth-order valence-corrected chi connectivity index (χ4v) is 2.83. The van der Waals surface area contributed by atoms with Gasteiger partial charge in [0, 0.05) is 16.9 Å². The third kappa shape index (κ3) is 2.33. The zero-order chi connectivity index (χ0) is 13.4. The predicted octanol–water partition coefficient (Wildman–Crippen LogP) is 2.95. The number of aromatic nitrogens is 1. The summed E-state index contributed by atoms with van der Waals surface area (Å²) in [7, 11) is 0. The molecule has 2 heterocycles. The van der Waals surface area contributed by atoms with Crippen LogP contribution in [-0.4, -0.2) is 17.5 Å². The maximum Gasteiger partial charge on any atom is 0.257 e. The summed E-state index contributed by atoms with van der Waals surface area (Å²) < 4.78 is 5.43. The Balaban J connectivity index is 1.80. The lowest BCUT2D eigenvalue weighted by Gasteiger charge is -2.04. The lowest BCUT2D eigenvalue weighted by molar-refractivity contribution is 0.102. The number of fused-ring (bicyclic) bond motifs is 1. The standard InChI is InChI=1S/C14H14N2O2S/c1-8-9(2)19-14(15-8)16-13(17)11-3-4-12-10(7-11)5-6-18-12/h3-4,7H,5-6H2,1-2H3,(H,15,16,17). The van der Waals surface area contributed by atoms with E-state index in [9.17, 15) is 4.79 Å². The van der Waals surface area contributed by atoms with Gasteiger partial charge in [0.25, 0.3) is 5.91 Å². The van der Waals surface area contributed by atoms with E-state index < -0.39 is 0 Å². The number of hydrogen-bond donors (Lipinski definition) is 1. The molecule has 0 bridgehead atoms. The highest BCUT2D eigenvalue weighted by molar-refractivity contribution is 7.15. The monoisotopic (exact) mass is 274 g/mol. The molecule has 0 saturated heterocycles. The molecule has 0 fully saturated rings. The van der Waals surface area contributed by atoms with Gasteiger partial charge in [0.2, 0.25) is 0 Å². The molecule has 1 aliphatic rings. The van der Waals surface area contributed by atoms with Crippen LogP contribution in [0.3, 0.4) is 0 Å². The number of nitrogens with one attached hydrogen (secondary N) is 1. The number of thiazole rings is 1. The van der Waals surface area contributed by atoms with Crippen LogP contribution in [0.1, 0.15) is 26.5 Å². The molecule has 0 radical (unpaired) electrons. The molecule has 98 valence electrons. The molecule has 1 amide bonds. The molecule has 5 heteroatoms. The van der Waals surface area contributed by atoms with Crippen LogP contribution in [0, 0.1) is 13.8 Å². The first-order chi connectivity index (χ1) is 9.13. The molecular weight excluding hydrogens is 260 g/mol. The first-order valence-corrected chi connectivity index (χ1v) is 6.96. The maximum absolute atomic E-state index is 12.1. The number of ether oxygens (including phenoxy) is 1. The zero-order valence-electron chi connectivity index (χ0n) is 10.8. The van der Waals surface area contributed by atoms with Crippen LogP contribution in [-0.2, 0) is 6.42 Å². The zero-order valence-corrected chi connectivity index (χ0v) is 11.6. The summed E-state index contributed by atoms with van der Waals surface area (Å²) in [5.74, 6) is 0.765. The molecule has 0 aliphatic carbocycles. The number of hydrogen-bond acceptors (Lipinski definition) is 4. The van der Waals surface area contributed by atoms with Crippen LogP contribution in [0.15, 0.2) is 18.2 Å². The van der Waals surface area contributed by atoms with E-state index in [1.54, 1.807) is 6.07 Å². The highest BCUT2D eigenvalue weighted by Gasteiger charge is 2.16. The molecule has 3 rings (SSSR count). The second kappa shape index (κ2) is 4.66. The van der Waals surface area contributed by atoms with Crippen molar-refractivity contribution in [2.75, 3.05) is 11.9 Å². The highest BCUT2D eigenvalue weighted by atomic mass is 32.1. The van der Waals surface area contributed by atoms with E-state index >= 15 is 0 Å². The summed E-state index contributed by atoms with van der Waals surface area (Å²) in [6.07, 6.45) is 0.867. The Morgan fingerprint density at radius 2 is 2.26 bits per heavy atom. The predicted molar refractivity (Wildman–Crippen MR) is 75.2 cm³/mol. The third-order valence-corrected chi connectivity index (χ3v) is 4.19. The number of nitrogens with zero attached hydrogens (tertiary/aromatic N) is 1. The fourth-order valence-electron chi connectivity index (χ4n) is 2.02. The summed E-state index contributed by atoms with van der Waals surface area (Å²) in [6.45, 7) is 4.63. The molecule has 1 aliphatic heterocycles. The van der Waals surface area contributed by atoms with Gasteiger partial charge >= 0.3 is 0 Å². The van der Waals surface area contributed by atoms with E-state index in [0.29, 0.717) is 17.3 Å². The molecule has 1 N–H and O–H groups in total. The van der Waals surface area contributed by atoms with Gasteiger partial charge in [0.15, 0.2) is 5.13 Å². The minimum absolute atomic E-state index is 0.122. The second-order valence-corrected chi connectivity index (χ2v) is 5.74. The van der Waals surface area contributed by atoms with E-state index in [0.717, 1.165) is 28.3 Å². The van der Waals surface area contributed by atoms with Gasteiger partial charge in [-0.2, -0.15) is 0 Å². The average Bonchev–Trinajstić information content (AvgIpc) is 2.96. The van der Waals surface area contributed by atoms with Gasteiger partial charge in [-0.25, -0.2) is 4.98 Å². The average molecular weight is 274 g/mol. The van der Waals surface area contributed by atoms with Gasteiger partial charge in [-0.1, -0.05) is 0 Å². The summed E-state index contributed by atoms with van der Waals surface area (Å²) in [5, 5.41) is 3.49. The van der Waals surface area contributed by atoms with Crippen LogP contribution < -0.4 is 10.1 Å². The van der Waals surface area contributed by atoms with E-state index in [2.05, 4.69) is 10.3 Å². The van der Waals surface area contributed by atoms with Gasteiger partial charge in [0.1, 0.15) is 5.75 Å². The Labute approximate surface area is 115 Å². The summed E-state index contributed by atoms with van der Waals surface area (Å²) >= 11 is 1.50. The Bertz CT molecular complexity index is 629. The number of benzene rings is 1. The Kier molecular flexibility index (Phi) is 2.98. The SMILES string of the molecule is Cc1nc(NC(=O)c2ccc3c(c2)CCO3)sc1C. The molecule has 0 unspecified atom stereocenters. The Morgan fingerprint density at radius 3 is 3.00 bits per heavy atom. The maximum atomic E-state index is 12.1. The first-order valence-electron chi connectivity index (χ1n) is 6.14. The number of carbonyl (C=O) groups excluding carboxylic acids is 1. The third-order valence-electron chi connectivity index (χ3n) is 3.20. The molecule has 1 aromatic carbocycles. The van der Waals surface area contributed by atoms with E-state index in [-0.39, 0.29) is 5.91 Å². The summed E-state index contributed by atoms with van der Waals surface area (Å²) in [5.41, 5.74) is 2.71. The van der Waals surface area contributed by atoms with Gasteiger partial charge in [-0.3, -0.25) is 10.1 Å². The van der Waals surface area contributed by atoms with Crippen LogP contribution in [0.2, 0.25) is 0 Å². The van der Waals surface area contributed by atoms with Crippen LogP contribution in [0.5, 0.6) is 5.75 Å². The van der Waals surface area contributed by atoms with Crippen LogP contribution in [0.25, 0.3) is 0 Å². The molecule has 2 aromatic rings. The van der Waals surface area contributed by atoms with Crippen molar-refractivity contribution in [1.82, 2.24) is 4.98 Å². The number of rotatable bonds is 2. The molecule has 19 heavy (non-hydrogen) atoms. The summed E-state index contributed by atoms with van der Waals surface area (Å²) in [4.78, 5) is 17.6. The fraction of sp³-hybridized carbons (Fsp3) is 0.286. The van der Waals surface area contributed by atoms with Gasteiger partial charge < -0.3 is 4.74 Å². The minimum atomic E-state index is -0.122. The van der Waals surface area contributed by atoms with Crippen LogP contribution in [0.4, 0.5) is 5.13 Å². The molecular formula is C14H14N2O2S. The molecule has 4 nitrogen and oxygen atoms in total.